The Morgan fingerprint density at radius 1 is 0.974 bits per heavy atom. The molecule has 6 fully saturated rings. The van der Waals surface area contributed by atoms with Gasteiger partial charge in [0.25, 0.3) is 0 Å². The zero-order valence-electron chi connectivity index (χ0n) is 24.1. The minimum atomic E-state index is -0.534. The minimum Gasteiger partial charge on any atom is -0.393 e. The summed E-state index contributed by atoms with van der Waals surface area (Å²) < 4.78 is 6.71. The smallest absolute Gasteiger partial charge is 0.131 e. The quantitative estimate of drug-likeness (QED) is 0.442. The van der Waals surface area contributed by atoms with E-state index in [1.165, 1.54) is 24.8 Å². The summed E-state index contributed by atoms with van der Waals surface area (Å²) in [4.78, 5) is 0. The molecule has 7 rings (SSSR count). The van der Waals surface area contributed by atoms with Crippen molar-refractivity contribution in [3.8, 4) is 0 Å². The lowest BCUT2D eigenvalue weighted by Crippen LogP contribution is -2.58. The van der Waals surface area contributed by atoms with Gasteiger partial charge in [-0.25, -0.2) is 0 Å². The Labute approximate surface area is 230 Å². The van der Waals surface area contributed by atoms with Gasteiger partial charge in [-0.1, -0.05) is 65.0 Å². The molecular formula is C34H48NO3. The molecule has 0 amide bonds. The van der Waals surface area contributed by atoms with Gasteiger partial charge >= 0.3 is 0 Å². The number of fused-ring (bicyclic) bond motifs is 4. The van der Waals surface area contributed by atoms with Crippen LogP contribution in [0.15, 0.2) is 30.3 Å². The maximum atomic E-state index is 12.2. The van der Waals surface area contributed by atoms with Crippen LogP contribution in [-0.4, -0.2) is 29.0 Å². The Morgan fingerprint density at radius 2 is 1.74 bits per heavy atom. The minimum absolute atomic E-state index is 0.0137. The number of rotatable bonds is 4. The lowest BCUT2D eigenvalue weighted by Gasteiger charge is -2.63. The first-order chi connectivity index (χ1) is 18.0. The molecule has 5 aliphatic carbocycles. The summed E-state index contributed by atoms with van der Waals surface area (Å²) in [5.74, 6) is 3.05. The molecule has 4 heteroatoms. The van der Waals surface area contributed by atoms with Crippen molar-refractivity contribution in [2.75, 3.05) is 6.54 Å². The van der Waals surface area contributed by atoms with Gasteiger partial charge < -0.3 is 20.3 Å². The van der Waals surface area contributed by atoms with E-state index in [-0.39, 0.29) is 27.8 Å². The predicted molar refractivity (Wildman–Crippen MR) is 149 cm³/mol. The SMILES string of the molecule is C[C@@H]1C[C](CNCc2ccccc2)O[C]2[C@H]1[C@@]1(C)CC[C@@]34C[C@@]35CCC(O)C(C)(C)[C@@H]5CC[C]4[C@]1(C)[C@H]2O. The molecule has 38 heavy (non-hydrogen) atoms. The van der Waals surface area contributed by atoms with E-state index in [1.54, 1.807) is 5.92 Å². The largest absolute Gasteiger partial charge is 0.393 e. The first kappa shape index (κ1) is 26.0. The van der Waals surface area contributed by atoms with Gasteiger partial charge in [-0.15, -0.1) is 0 Å². The lowest BCUT2D eigenvalue weighted by atomic mass is 9.41. The molecule has 9 atom stereocenters. The third-order valence-corrected chi connectivity index (χ3v) is 13.6. The first-order valence-electron chi connectivity index (χ1n) is 15.4. The van der Waals surface area contributed by atoms with Crippen molar-refractivity contribution in [2.45, 2.75) is 105 Å². The van der Waals surface area contributed by atoms with E-state index in [1.807, 2.05) is 0 Å². The molecule has 1 aromatic rings. The number of benzene rings is 1. The molecule has 1 saturated heterocycles. The van der Waals surface area contributed by atoms with Crippen molar-refractivity contribution < 1.29 is 14.9 Å². The maximum Gasteiger partial charge on any atom is 0.131 e. The zero-order valence-corrected chi connectivity index (χ0v) is 24.1. The molecule has 6 aliphatic rings. The molecule has 0 aromatic heterocycles. The predicted octanol–water partition coefficient (Wildman–Crippen LogP) is 6.24. The van der Waals surface area contributed by atoms with Crippen LogP contribution in [0.25, 0.3) is 0 Å². The highest BCUT2D eigenvalue weighted by Crippen LogP contribution is 2.90. The summed E-state index contributed by atoms with van der Waals surface area (Å²) in [5.41, 5.74) is 1.68. The summed E-state index contributed by atoms with van der Waals surface area (Å²) >= 11 is 0. The number of aliphatic hydroxyl groups excluding tert-OH is 2. The molecule has 1 heterocycles. The van der Waals surface area contributed by atoms with Crippen LogP contribution >= 0.6 is 0 Å². The fraction of sp³-hybridized carbons (Fsp3) is 0.735. The zero-order chi connectivity index (χ0) is 26.7. The Hall–Kier alpha value is -0.940. The average Bonchev–Trinajstić information content (AvgIpc) is 3.52. The Balaban J connectivity index is 1.14. The highest BCUT2D eigenvalue weighted by atomic mass is 16.5. The van der Waals surface area contributed by atoms with Crippen LogP contribution in [0, 0.1) is 63.0 Å². The van der Waals surface area contributed by atoms with Crippen molar-refractivity contribution in [1.29, 1.82) is 0 Å². The third kappa shape index (κ3) is 3.07. The molecule has 5 saturated carbocycles. The molecule has 3 radical (unpaired) electrons. The first-order valence-corrected chi connectivity index (χ1v) is 15.4. The summed E-state index contributed by atoms with van der Waals surface area (Å²) in [7, 11) is 0. The number of ether oxygens (including phenoxy) is 1. The second-order valence-corrected chi connectivity index (χ2v) is 15.2. The molecule has 4 nitrogen and oxygen atoms in total. The van der Waals surface area contributed by atoms with Crippen molar-refractivity contribution in [1.82, 2.24) is 5.32 Å². The molecule has 0 bridgehead atoms. The van der Waals surface area contributed by atoms with E-state index >= 15 is 0 Å². The highest BCUT2D eigenvalue weighted by molar-refractivity contribution is 5.44. The highest BCUT2D eigenvalue weighted by Gasteiger charge is 2.85. The van der Waals surface area contributed by atoms with Gasteiger partial charge in [0, 0.05) is 24.4 Å². The summed E-state index contributed by atoms with van der Waals surface area (Å²) in [5, 5.41) is 26.8. The number of nitrogens with one attached hydrogen (secondary N) is 1. The molecule has 2 spiro atoms. The monoisotopic (exact) mass is 518 g/mol. The number of hydrogen-bond donors (Lipinski definition) is 3. The lowest BCUT2D eigenvalue weighted by molar-refractivity contribution is -0.125. The Bertz CT molecular complexity index is 1070. The number of hydrogen-bond acceptors (Lipinski definition) is 4. The molecule has 1 aliphatic heterocycles. The second-order valence-electron chi connectivity index (χ2n) is 15.2. The fourth-order valence-electron chi connectivity index (χ4n) is 11.6. The molecule has 3 N–H and O–H groups in total. The van der Waals surface area contributed by atoms with Crippen LogP contribution in [0.3, 0.4) is 0 Å². The molecule has 1 aromatic carbocycles. The molecule has 1 unspecified atom stereocenters. The van der Waals surface area contributed by atoms with Crippen LogP contribution in [0.4, 0.5) is 0 Å². The van der Waals surface area contributed by atoms with Crippen LogP contribution < -0.4 is 5.32 Å². The number of aliphatic hydroxyl groups is 2. The van der Waals surface area contributed by atoms with E-state index in [0.717, 1.165) is 57.4 Å². The van der Waals surface area contributed by atoms with E-state index in [0.29, 0.717) is 23.2 Å². The van der Waals surface area contributed by atoms with E-state index in [4.69, 9.17) is 4.74 Å². The summed E-state index contributed by atoms with van der Waals surface area (Å²) in [6.07, 6.45) is 10.4. The second kappa shape index (κ2) is 8.30. The average molecular weight is 519 g/mol. The van der Waals surface area contributed by atoms with Crippen LogP contribution in [-0.2, 0) is 11.3 Å². The van der Waals surface area contributed by atoms with Gasteiger partial charge in [-0.2, -0.15) is 0 Å². The van der Waals surface area contributed by atoms with Gasteiger partial charge in [0.2, 0.25) is 0 Å². The summed E-state index contributed by atoms with van der Waals surface area (Å²) in [6.45, 7) is 13.5. The van der Waals surface area contributed by atoms with Crippen LogP contribution in [0.1, 0.15) is 91.5 Å². The van der Waals surface area contributed by atoms with E-state index < -0.39 is 6.10 Å². The topological polar surface area (TPSA) is 61.7 Å². The standard InChI is InChI=1S/C34H48NO3/c1-21-17-23(19-35-18-22-9-7-6-8-10-22)38-28-27(21)31(4)15-16-34-20-33(34)14-13-26(36)30(2,3)24(33)11-12-25(34)32(31,5)29(28)37/h6-10,21,24,26-27,29,35-37H,11-20H2,1-5H3/t21-,24+,26?,27+,29+,31-,32-,33-,34+/m1/s1. The summed E-state index contributed by atoms with van der Waals surface area (Å²) in [6, 6.07) is 10.5. The maximum absolute atomic E-state index is 12.2. The Kier molecular flexibility index (Phi) is 5.68. The van der Waals surface area contributed by atoms with Gasteiger partial charge in [-0.3, -0.25) is 0 Å². The normalized spacial score (nSPS) is 49.9. The third-order valence-electron chi connectivity index (χ3n) is 13.6. The van der Waals surface area contributed by atoms with Crippen molar-refractivity contribution in [3.63, 3.8) is 0 Å². The van der Waals surface area contributed by atoms with E-state index in [9.17, 15) is 10.2 Å². The van der Waals surface area contributed by atoms with Crippen molar-refractivity contribution >= 4 is 0 Å². The van der Waals surface area contributed by atoms with Gasteiger partial charge in [-0.05, 0) is 96.3 Å². The van der Waals surface area contributed by atoms with Gasteiger partial charge in [0.1, 0.15) is 12.2 Å². The van der Waals surface area contributed by atoms with Crippen molar-refractivity contribution in [2.24, 2.45) is 44.8 Å². The van der Waals surface area contributed by atoms with Gasteiger partial charge in [0.05, 0.1) is 12.2 Å². The van der Waals surface area contributed by atoms with Crippen LogP contribution in [0.5, 0.6) is 0 Å². The Morgan fingerprint density at radius 3 is 2.50 bits per heavy atom. The van der Waals surface area contributed by atoms with Crippen molar-refractivity contribution in [3.05, 3.63) is 54.0 Å². The van der Waals surface area contributed by atoms with Gasteiger partial charge in [0.15, 0.2) is 0 Å². The van der Waals surface area contributed by atoms with Crippen LogP contribution in [0.2, 0.25) is 0 Å². The molecule has 207 valence electrons. The van der Waals surface area contributed by atoms with E-state index in [2.05, 4.69) is 70.3 Å². The molecular weight excluding hydrogens is 470 g/mol. The fourth-order valence-corrected chi connectivity index (χ4v) is 11.6.